The van der Waals surface area contributed by atoms with Crippen LogP contribution in [0.5, 0.6) is 0 Å². The van der Waals surface area contributed by atoms with E-state index in [-0.39, 0.29) is 10.8 Å². The third-order valence-electron chi connectivity index (χ3n) is 4.83. The maximum Gasteiger partial charge on any atom is 0.0917 e. The van der Waals surface area contributed by atoms with E-state index in [4.69, 9.17) is 11.6 Å². The van der Waals surface area contributed by atoms with E-state index in [0.29, 0.717) is 5.03 Å². The molecule has 116 valence electrons. The summed E-state index contributed by atoms with van der Waals surface area (Å²) in [5.74, 6) is 6.37. The van der Waals surface area contributed by atoms with Gasteiger partial charge >= 0.3 is 0 Å². The van der Waals surface area contributed by atoms with E-state index in [2.05, 4.69) is 63.8 Å². The molecule has 0 saturated heterocycles. The van der Waals surface area contributed by atoms with Crippen molar-refractivity contribution in [3.8, 4) is 11.8 Å². The SMILES string of the molecule is CC1(C)C(=C(Cl)C#Cc2ccccc2)C(C)(C)c2ccccc21. The van der Waals surface area contributed by atoms with Crippen molar-refractivity contribution in [1.82, 2.24) is 0 Å². The molecule has 3 rings (SSSR count). The number of hydrogen-bond donors (Lipinski definition) is 0. The second kappa shape index (κ2) is 5.59. The van der Waals surface area contributed by atoms with Gasteiger partial charge in [-0.25, -0.2) is 0 Å². The van der Waals surface area contributed by atoms with Crippen LogP contribution in [0.15, 0.2) is 65.2 Å². The average Bonchev–Trinajstić information content (AvgIpc) is 2.69. The fourth-order valence-electron chi connectivity index (χ4n) is 3.88. The Morgan fingerprint density at radius 1 is 0.783 bits per heavy atom. The molecule has 0 nitrogen and oxygen atoms in total. The molecule has 0 aromatic heterocycles. The third-order valence-corrected chi connectivity index (χ3v) is 5.12. The van der Waals surface area contributed by atoms with Gasteiger partial charge in [0, 0.05) is 16.4 Å². The Balaban J connectivity index is 2.14. The van der Waals surface area contributed by atoms with Crippen LogP contribution in [0.2, 0.25) is 0 Å². The van der Waals surface area contributed by atoms with Gasteiger partial charge in [-0.15, -0.1) is 0 Å². The molecule has 2 aromatic carbocycles. The molecular formula is C22H21Cl. The highest BCUT2D eigenvalue weighted by molar-refractivity contribution is 6.33. The molecule has 1 aliphatic carbocycles. The summed E-state index contributed by atoms with van der Waals surface area (Å²) in [4.78, 5) is 0. The molecule has 0 unspecified atom stereocenters. The van der Waals surface area contributed by atoms with Gasteiger partial charge in [-0.3, -0.25) is 0 Å². The molecule has 2 aromatic rings. The summed E-state index contributed by atoms with van der Waals surface area (Å²) in [6.45, 7) is 8.95. The highest BCUT2D eigenvalue weighted by atomic mass is 35.5. The van der Waals surface area contributed by atoms with Crippen molar-refractivity contribution in [3.05, 3.63) is 81.9 Å². The maximum atomic E-state index is 6.70. The fourth-order valence-corrected chi connectivity index (χ4v) is 4.40. The minimum Gasteiger partial charge on any atom is -0.0744 e. The number of fused-ring (bicyclic) bond motifs is 1. The zero-order valence-corrected chi connectivity index (χ0v) is 14.8. The first kappa shape index (κ1) is 15.9. The van der Waals surface area contributed by atoms with Crippen LogP contribution in [0.1, 0.15) is 44.4 Å². The van der Waals surface area contributed by atoms with Crippen molar-refractivity contribution in [1.29, 1.82) is 0 Å². The van der Waals surface area contributed by atoms with E-state index in [1.54, 1.807) is 0 Å². The summed E-state index contributed by atoms with van der Waals surface area (Å²) in [5, 5.41) is 0.667. The summed E-state index contributed by atoms with van der Waals surface area (Å²) >= 11 is 6.70. The van der Waals surface area contributed by atoms with Crippen LogP contribution in [0, 0.1) is 11.8 Å². The number of halogens is 1. The van der Waals surface area contributed by atoms with Crippen LogP contribution in [-0.2, 0) is 10.8 Å². The molecule has 0 spiro atoms. The Labute approximate surface area is 144 Å². The molecule has 0 fully saturated rings. The molecule has 0 radical (unpaired) electrons. The third kappa shape index (κ3) is 2.60. The molecule has 0 saturated carbocycles. The summed E-state index contributed by atoms with van der Waals surface area (Å²) in [6, 6.07) is 18.6. The van der Waals surface area contributed by atoms with E-state index >= 15 is 0 Å². The van der Waals surface area contributed by atoms with E-state index in [9.17, 15) is 0 Å². The van der Waals surface area contributed by atoms with Crippen LogP contribution in [0.25, 0.3) is 0 Å². The van der Waals surface area contributed by atoms with Gasteiger partial charge in [0.15, 0.2) is 0 Å². The number of rotatable bonds is 0. The quantitative estimate of drug-likeness (QED) is 0.538. The van der Waals surface area contributed by atoms with Crippen LogP contribution in [0.3, 0.4) is 0 Å². The molecule has 0 atom stereocenters. The van der Waals surface area contributed by atoms with Gasteiger partial charge in [-0.05, 0) is 34.8 Å². The number of hydrogen-bond acceptors (Lipinski definition) is 0. The van der Waals surface area contributed by atoms with E-state index < -0.39 is 0 Å². The minimum atomic E-state index is -0.109. The Morgan fingerprint density at radius 3 is 1.78 bits per heavy atom. The fraction of sp³-hybridized carbons (Fsp3) is 0.273. The predicted octanol–water partition coefficient (Wildman–Crippen LogP) is 5.80. The molecule has 23 heavy (non-hydrogen) atoms. The lowest BCUT2D eigenvalue weighted by molar-refractivity contribution is 0.548. The first-order chi connectivity index (χ1) is 10.8. The van der Waals surface area contributed by atoms with Crippen molar-refractivity contribution >= 4 is 11.6 Å². The standard InChI is InChI=1S/C22H21Cl/c1-21(2)17-12-8-9-13-18(17)22(3,4)20(21)19(23)15-14-16-10-6-5-7-11-16/h5-13H,1-4H3. The Morgan fingerprint density at radius 2 is 1.26 bits per heavy atom. The molecule has 0 amide bonds. The maximum absolute atomic E-state index is 6.70. The highest BCUT2D eigenvalue weighted by Gasteiger charge is 2.47. The van der Waals surface area contributed by atoms with Gasteiger partial charge in [-0.1, -0.05) is 87.7 Å². The zero-order valence-electron chi connectivity index (χ0n) is 14.1. The van der Waals surface area contributed by atoms with Crippen LogP contribution in [-0.4, -0.2) is 0 Å². The lowest BCUT2D eigenvalue weighted by atomic mass is 9.75. The minimum absolute atomic E-state index is 0.109. The Kier molecular flexibility index (Phi) is 3.86. The first-order valence-electron chi connectivity index (χ1n) is 7.93. The molecule has 1 aliphatic rings. The van der Waals surface area contributed by atoms with Gasteiger partial charge in [-0.2, -0.15) is 0 Å². The van der Waals surface area contributed by atoms with Crippen molar-refractivity contribution in [2.24, 2.45) is 0 Å². The second-order valence-electron chi connectivity index (χ2n) is 7.10. The van der Waals surface area contributed by atoms with Crippen molar-refractivity contribution < 1.29 is 0 Å². The predicted molar refractivity (Wildman–Crippen MR) is 98.7 cm³/mol. The van der Waals surface area contributed by atoms with Gasteiger partial charge in [0.05, 0.1) is 5.03 Å². The summed E-state index contributed by atoms with van der Waals surface area (Å²) in [5.41, 5.74) is 4.67. The van der Waals surface area contributed by atoms with Crippen LogP contribution < -0.4 is 0 Å². The lowest BCUT2D eigenvalue weighted by Gasteiger charge is -2.29. The largest absolute Gasteiger partial charge is 0.0917 e. The van der Waals surface area contributed by atoms with Crippen molar-refractivity contribution in [3.63, 3.8) is 0 Å². The molecule has 0 bridgehead atoms. The summed E-state index contributed by atoms with van der Waals surface area (Å²) in [6.07, 6.45) is 0. The average molecular weight is 321 g/mol. The summed E-state index contributed by atoms with van der Waals surface area (Å²) < 4.78 is 0. The first-order valence-corrected chi connectivity index (χ1v) is 8.30. The van der Waals surface area contributed by atoms with Crippen molar-refractivity contribution in [2.75, 3.05) is 0 Å². The van der Waals surface area contributed by atoms with Gasteiger partial charge < -0.3 is 0 Å². The normalized spacial score (nSPS) is 17.2. The molecule has 0 heterocycles. The smallest absolute Gasteiger partial charge is 0.0744 e. The van der Waals surface area contributed by atoms with E-state index in [1.807, 2.05) is 30.3 Å². The zero-order chi connectivity index (χ0) is 16.7. The molecule has 0 aliphatic heterocycles. The van der Waals surface area contributed by atoms with Gasteiger partial charge in [0.25, 0.3) is 0 Å². The number of allylic oxidation sites excluding steroid dienone is 2. The molecule has 1 heteroatoms. The number of benzene rings is 2. The van der Waals surface area contributed by atoms with Gasteiger partial charge in [0.1, 0.15) is 0 Å². The van der Waals surface area contributed by atoms with Crippen LogP contribution >= 0.6 is 11.6 Å². The lowest BCUT2D eigenvalue weighted by Crippen LogP contribution is -2.24. The van der Waals surface area contributed by atoms with Crippen molar-refractivity contribution in [2.45, 2.75) is 38.5 Å². The Bertz CT molecular complexity index is 790. The monoisotopic (exact) mass is 320 g/mol. The van der Waals surface area contributed by atoms with Crippen LogP contribution in [0.4, 0.5) is 0 Å². The Hall–Kier alpha value is -1.97. The second-order valence-corrected chi connectivity index (χ2v) is 7.48. The highest BCUT2D eigenvalue weighted by Crippen LogP contribution is 2.54. The summed E-state index contributed by atoms with van der Waals surface area (Å²) in [7, 11) is 0. The topological polar surface area (TPSA) is 0 Å². The van der Waals surface area contributed by atoms with Gasteiger partial charge in [0.2, 0.25) is 0 Å². The van der Waals surface area contributed by atoms with E-state index in [0.717, 1.165) is 5.56 Å². The molecule has 0 N–H and O–H groups in total. The van der Waals surface area contributed by atoms with E-state index in [1.165, 1.54) is 16.7 Å². The molecular weight excluding hydrogens is 300 g/mol.